The summed E-state index contributed by atoms with van der Waals surface area (Å²) < 4.78 is 34.8. The highest BCUT2D eigenvalue weighted by Crippen LogP contribution is 2.34. The first-order valence-electron chi connectivity index (χ1n) is 13.9. The molecule has 0 aliphatic carbocycles. The molecule has 1 N–H and O–H groups in total. The van der Waals surface area contributed by atoms with Crippen LogP contribution >= 0.6 is 11.6 Å². The van der Waals surface area contributed by atoms with Crippen molar-refractivity contribution in [3.63, 3.8) is 0 Å². The molecule has 1 aliphatic heterocycles. The molecule has 5 rings (SSSR count). The molecule has 1 atom stereocenters. The van der Waals surface area contributed by atoms with Gasteiger partial charge < -0.3 is 15.0 Å². The van der Waals surface area contributed by atoms with Crippen LogP contribution in [-0.4, -0.2) is 50.3 Å². The fraction of sp³-hybridized carbons (Fsp3) is 0.212. The van der Waals surface area contributed by atoms with Crippen molar-refractivity contribution in [1.29, 1.82) is 0 Å². The lowest BCUT2D eigenvalue weighted by Gasteiger charge is -2.35. The standard InChI is InChI=1S/C33H32ClN3O5S/c1-24-15-17-27(18-16-24)43(40,41)36(21-26-11-5-6-12-28(26)34)23-32(38)37-22-31(42-30-14-8-7-13-29(30)37)33(39)35-20-19-25-9-3-2-4-10-25/h2-18,31H,19-23H2,1H3,(H,35,39)/t31-/m1/s1. The number of benzene rings is 4. The van der Waals surface area contributed by atoms with E-state index < -0.39 is 28.6 Å². The quantitative estimate of drug-likeness (QED) is 0.270. The molecule has 10 heteroatoms. The minimum absolute atomic E-state index is 0.0657. The predicted octanol–water partition coefficient (Wildman–Crippen LogP) is 4.99. The summed E-state index contributed by atoms with van der Waals surface area (Å²) in [6.07, 6.45) is -0.327. The van der Waals surface area contributed by atoms with Crippen LogP contribution in [0.2, 0.25) is 5.02 Å². The van der Waals surface area contributed by atoms with Crippen LogP contribution in [0.4, 0.5) is 5.69 Å². The van der Waals surface area contributed by atoms with Crippen molar-refractivity contribution in [2.75, 3.05) is 24.5 Å². The third-order valence-corrected chi connectivity index (χ3v) is 9.37. The molecule has 0 unspecified atom stereocenters. The van der Waals surface area contributed by atoms with Crippen molar-refractivity contribution < 1.29 is 22.7 Å². The van der Waals surface area contributed by atoms with E-state index in [1.807, 2.05) is 37.3 Å². The van der Waals surface area contributed by atoms with E-state index in [0.29, 0.717) is 35.0 Å². The summed E-state index contributed by atoms with van der Waals surface area (Å²) in [5.74, 6) is -0.492. The van der Waals surface area contributed by atoms with E-state index in [1.165, 1.54) is 17.0 Å². The third-order valence-electron chi connectivity index (χ3n) is 7.20. The minimum atomic E-state index is -4.10. The van der Waals surface area contributed by atoms with E-state index in [-0.39, 0.29) is 23.9 Å². The van der Waals surface area contributed by atoms with E-state index >= 15 is 0 Å². The zero-order valence-corrected chi connectivity index (χ0v) is 25.2. The molecule has 0 fully saturated rings. The Kier molecular flexibility index (Phi) is 9.45. The number of amides is 2. The van der Waals surface area contributed by atoms with Crippen molar-refractivity contribution in [1.82, 2.24) is 9.62 Å². The second-order valence-corrected chi connectivity index (χ2v) is 12.6. The molecule has 0 aromatic heterocycles. The number of hydrogen-bond donors (Lipinski definition) is 1. The molecule has 0 saturated carbocycles. The van der Waals surface area contributed by atoms with Gasteiger partial charge in [-0.25, -0.2) is 8.42 Å². The number of anilines is 1. The van der Waals surface area contributed by atoms with Crippen molar-refractivity contribution in [2.45, 2.75) is 30.9 Å². The van der Waals surface area contributed by atoms with Crippen LogP contribution in [0.25, 0.3) is 0 Å². The van der Waals surface area contributed by atoms with Gasteiger partial charge in [0.15, 0.2) is 6.10 Å². The molecule has 222 valence electrons. The molecular weight excluding hydrogens is 586 g/mol. The summed E-state index contributed by atoms with van der Waals surface area (Å²) in [4.78, 5) is 28.6. The minimum Gasteiger partial charge on any atom is -0.477 e. The van der Waals surface area contributed by atoms with Crippen molar-refractivity contribution in [3.8, 4) is 5.75 Å². The fourth-order valence-corrected chi connectivity index (χ4v) is 6.40. The Labute approximate surface area is 256 Å². The number of hydrogen-bond acceptors (Lipinski definition) is 5. The van der Waals surface area contributed by atoms with E-state index in [1.54, 1.807) is 60.7 Å². The Morgan fingerprint density at radius 2 is 1.60 bits per heavy atom. The summed E-state index contributed by atoms with van der Waals surface area (Å²) in [6.45, 7) is 1.61. The Morgan fingerprint density at radius 3 is 2.35 bits per heavy atom. The number of rotatable bonds is 10. The Balaban J connectivity index is 1.38. The second kappa shape index (κ2) is 13.4. The van der Waals surface area contributed by atoms with Gasteiger partial charge in [0.1, 0.15) is 5.75 Å². The highest BCUT2D eigenvalue weighted by Gasteiger charge is 2.36. The molecule has 1 aliphatic rings. The van der Waals surface area contributed by atoms with Gasteiger partial charge in [-0.3, -0.25) is 9.59 Å². The molecule has 0 radical (unpaired) electrons. The van der Waals surface area contributed by atoms with Gasteiger partial charge in [-0.15, -0.1) is 0 Å². The molecule has 2 amide bonds. The van der Waals surface area contributed by atoms with E-state index in [0.717, 1.165) is 15.4 Å². The zero-order valence-electron chi connectivity index (χ0n) is 23.6. The highest BCUT2D eigenvalue weighted by molar-refractivity contribution is 7.89. The number of sulfonamides is 1. The van der Waals surface area contributed by atoms with Crippen molar-refractivity contribution >= 4 is 39.1 Å². The smallest absolute Gasteiger partial charge is 0.262 e. The Morgan fingerprint density at radius 1 is 0.930 bits per heavy atom. The predicted molar refractivity (Wildman–Crippen MR) is 167 cm³/mol. The molecule has 0 bridgehead atoms. The number of fused-ring (bicyclic) bond motifs is 1. The molecule has 0 spiro atoms. The van der Waals surface area contributed by atoms with Gasteiger partial charge >= 0.3 is 0 Å². The first kappa shape index (κ1) is 30.3. The first-order chi connectivity index (χ1) is 20.7. The van der Waals surface area contributed by atoms with Gasteiger partial charge in [0.05, 0.1) is 23.7 Å². The van der Waals surface area contributed by atoms with Crippen LogP contribution in [0, 0.1) is 6.92 Å². The number of carbonyl (C=O) groups is 2. The summed E-state index contributed by atoms with van der Waals surface area (Å²) >= 11 is 6.39. The maximum absolute atomic E-state index is 13.9. The SMILES string of the molecule is Cc1ccc(S(=O)(=O)N(CC(=O)N2C[C@H](C(=O)NCCc3ccccc3)Oc3ccccc32)Cc2ccccc2Cl)cc1. The first-order valence-corrected chi connectivity index (χ1v) is 15.7. The van der Waals surface area contributed by atoms with Gasteiger partial charge in [0.2, 0.25) is 15.9 Å². The van der Waals surface area contributed by atoms with Gasteiger partial charge in [-0.2, -0.15) is 4.31 Å². The topological polar surface area (TPSA) is 96.0 Å². The lowest BCUT2D eigenvalue weighted by molar-refractivity contribution is -0.128. The Hall–Kier alpha value is -4.18. The summed E-state index contributed by atoms with van der Waals surface area (Å²) in [6, 6.07) is 30.1. The van der Waals surface area contributed by atoms with Crippen LogP contribution in [0.1, 0.15) is 16.7 Å². The van der Waals surface area contributed by atoms with Gasteiger partial charge in [-0.05, 0) is 54.8 Å². The third kappa shape index (κ3) is 7.25. The number of para-hydroxylation sites is 2. The summed E-state index contributed by atoms with van der Waals surface area (Å²) in [5.41, 5.74) is 3.02. The molecule has 8 nitrogen and oxygen atoms in total. The molecule has 4 aromatic rings. The fourth-order valence-electron chi connectivity index (χ4n) is 4.83. The van der Waals surface area contributed by atoms with Crippen LogP contribution in [0.3, 0.4) is 0 Å². The monoisotopic (exact) mass is 617 g/mol. The van der Waals surface area contributed by atoms with Crippen LogP contribution in [0.15, 0.2) is 108 Å². The van der Waals surface area contributed by atoms with Crippen LogP contribution in [-0.2, 0) is 32.6 Å². The number of ether oxygens (including phenoxy) is 1. The highest BCUT2D eigenvalue weighted by atomic mass is 35.5. The molecular formula is C33H32ClN3O5S. The number of halogens is 1. The normalized spacial score (nSPS) is 14.6. The van der Waals surface area contributed by atoms with E-state index in [2.05, 4.69) is 5.32 Å². The van der Waals surface area contributed by atoms with Crippen molar-refractivity contribution in [2.24, 2.45) is 0 Å². The van der Waals surface area contributed by atoms with E-state index in [9.17, 15) is 18.0 Å². The lowest BCUT2D eigenvalue weighted by Crippen LogP contribution is -2.53. The van der Waals surface area contributed by atoms with Gasteiger partial charge in [0, 0.05) is 18.1 Å². The van der Waals surface area contributed by atoms with Crippen LogP contribution < -0.4 is 15.0 Å². The Bertz CT molecular complexity index is 1700. The molecule has 4 aromatic carbocycles. The van der Waals surface area contributed by atoms with Gasteiger partial charge in [-0.1, -0.05) is 90.0 Å². The van der Waals surface area contributed by atoms with Crippen molar-refractivity contribution in [3.05, 3.63) is 125 Å². The lowest BCUT2D eigenvalue weighted by atomic mass is 10.1. The number of nitrogens with one attached hydrogen (secondary N) is 1. The largest absolute Gasteiger partial charge is 0.477 e. The maximum atomic E-state index is 13.9. The maximum Gasteiger partial charge on any atom is 0.262 e. The summed E-state index contributed by atoms with van der Waals surface area (Å²) in [5, 5.41) is 3.29. The number of carbonyl (C=O) groups excluding carboxylic acids is 2. The van der Waals surface area contributed by atoms with Gasteiger partial charge in [0.25, 0.3) is 5.91 Å². The second-order valence-electron chi connectivity index (χ2n) is 10.3. The molecule has 43 heavy (non-hydrogen) atoms. The average Bonchev–Trinajstić information content (AvgIpc) is 3.01. The molecule has 0 saturated heterocycles. The number of aryl methyl sites for hydroxylation is 1. The average molecular weight is 618 g/mol. The van der Waals surface area contributed by atoms with Crippen LogP contribution in [0.5, 0.6) is 5.75 Å². The number of nitrogens with zero attached hydrogens (tertiary/aromatic N) is 2. The zero-order chi connectivity index (χ0) is 30.4. The molecule has 1 heterocycles. The summed E-state index contributed by atoms with van der Waals surface area (Å²) in [7, 11) is -4.10. The van der Waals surface area contributed by atoms with E-state index in [4.69, 9.17) is 16.3 Å².